The third kappa shape index (κ3) is 2.08. The van der Waals surface area contributed by atoms with E-state index in [-0.39, 0.29) is 27.9 Å². The van der Waals surface area contributed by atoms with Gasteiger partial charge in [-0.1, -0.05) is 16.8 Å². The smallest absolute Gasteiger partial charge is 0.222 e. The van der Waals surface area contributed by atoms with Crippen LogP contribution in [0.2, 0.25) is 5.02 Å². The van der Waals surface area contributed by atoms with Crippen LogP contribution in [0.4, 0.5) is 10.3 Å². The Labute approximate surface area is 113 Å². The number of nitrogens with zero attached hydrogens (tertiary/aromatic N) is 1. The minimum atomic E-state index is -0.640. The Morgan fingerprint density at radius 1 is 1.26 bits per heavy atom. The van der Waals surface area contributed by atoms with Crippen LogP contribution in [0.1, 0.15) is 6.42 Å². The highest BCUT2D eigenvalue weighted by Gasteiger charge is 2.25. The third-order valence-electron chi connectivity index (χ3n) is 2.72. The molecule has 0 fully saturated rings. The van der Waals surface area contributed by atoms with Crippen LogP contribution < -0.4 is 15.2 Å². The van der Waals surface area contributed by atoms with E-state index in [1.807, 2.05) is 0 Å². The molecule has 0 saturated carbocycles. The first-order chi connectivity index (χ1) is 9.16. The minimum Gasteiger partial charge on any atom is -0.489 e. The second-order valence-electron chi connectivity index (χ2n) is 4.04. The lowest BCUT2D eigenvalue weighted by molar-refractivity contribution is 0.297. The fourth-order valence-corrected chi connectivity index (χ4v) is 2.08. The zero-order chi connectivity index (χ0) is 13.4. The number of ether oxygens (including phenoxy) is 2. The largest absolute Gasteiger partial charge is 0.489 e. The van der Waals surface area contributed by atoms with Crippen LogP contribution in [0.15, 0.2) is 16.7 Å². The lowest BCUT2D eigenvalue weighted by Gasteiger charge is -2.12. The summed E-state index contributed by atoms with van der Waals surface area (Å²) in [7, 11) is 0. The number of benzene rings is 1. The Hall–Kier alpha value is -1.95. The highest BCUT2D eigenvalue weighted by Crippen LogP contribution is 2.44. The molecular formula is C12H10ClFN2O3. The molecule has 1 aromatic heterocycles. The summed E-state index contributed by atoms with van der Waals surface area (Å²) >= 11 is 5.86. The van der Waals surface area contributed by atoms with E-state index < -0.39 is 5.82 Å². The van der Waals surface area contributed by atoms with Crippen LogP contribution >= 0.6 is 11.6 Å². The van der Waals surface area contributed by atoms with Crippen LogP contribution in [0.25, 0.3) is 11.3 Å². The van der Waals surface area contributed by atoms with E-state index >= 15 is 0 Å². The molecular weight excluding hydrogens is 275 g/mol. The Morgan fingerprint density at radius 3 is 2.79 bits per heavy atom. The molecule has 2 aromatic rings. The SMILES string of the molecule is Nc1cc(-c2c(F)c(Cl)cc3c2OCCCO3)no1. The van der Waals surface area contributed by atoms with Crippen molar-refractivity contribution in [3.63, 3.8) is 0 Å². The molecule has 0 radical (unpaired) electrons. The van der Waals surface area contributed by atoms with E-state index in [2.05, 4.69) is 5.16 Å². The summed E-state index contributed by atoms with van der Waals surface area (Å²) < 4.78 is 30.0. The van der Waals surface area contributed by atoms with Crippen molar-refractivity contribution in [2.24, 2.45) is 0 Å². The van der Waals surface area contributed by atoms with Gasteiger partial charge in [0.05, 0.1) is 23.8 Å². The van der Waals surface area contributed by atoms with E-state index in [4.69, 9.17) is 31.3 Å². The van der Waals surface area contributed by atoms with E-state index in [0.717, 1.165) is 0 Å². The summed E-state index contributed by atoms with van der Waals surface area (Å²) in [4.78, 5) is 0. The average molecular weight is 285 g/mol. The zero-order valence-corrected chi connectivity index (χ0v) is 10.5. The molecule has 0 bridgehead atoms. The van der Waals surface area contributed by atoms with Gasteiger partial charge in [0.15, 0.2) is 17.3 Å². The molecule has 0 spiro atoms. The number of halogens is 2. The summed E-state index contributed by atoms with van der Waals surface area (Å²) in [5.41, 5.74) is 5.78. The molecule has 0 aliphatic carbocycles. The standard InChI is InChI=1S/C12H10ClFN2O3/c13-6-4-8-12(18-3-1-2-17-8)10(11(6)14)7-5-9(15)19-16-7/h4-5H,1-3,15H2. The van der Waals surface area contributed by atoms with Crippen molar-refractivity contribution in [1.29, 1.82) is 0 Å². The monoisotopic (exact) mass is 284 g/mol. The van der Waals surface area contributed by atoms with Crippen molar-refractivity contribution in [3.8, 4) is 22.8 Å². The van der Waals surface area contributed by atoms with Crippen molar-refractivity contribution in [1.82, 2.24) is 5.16 Å². The van der Waals surface area contributed by atoms with Gasteiger partial charge < -0.3 is 19.7 Å². The molecule has 1 aliphatic rings. The molecule has 0 atom stereocenters. The fourth-order valence-electron chi connectivity index (χ4n) is 1.89. The minimum absolute atomic E-state index is 0.0687. The van der Waals surface area contributed by atoms with Gasteiger partial charge in [0, 0.05) is 18.6 Å². The van der Waals surface area contributed by atoms with Crippen molar-refractivity contribution >= 4 is 17.5 Å². The third-order valence-corrected chi connectivity index (χ3v) is 2.99. The van der Waals surface area contributed by atoms with Gasteiger partial charge in [0.2, 0.25) is 5.88 Å². The molecule has 19 heavy (non-hydrogen) atoms. The first kappa shape index (κ1) is 12.1. The lowest BCUT2D eigenvalue weighted by atomic mass is 10.1. The fraction of sp³-hybridized carbons (Fsp3) is 0.250. The van der Waals surface area contributed by atoms with Crippen molar-refractivity contribution in [2.75, 3.05) is 18.9 Å². The molecule has 1 aliphatic heterocycles. The summed E-state index contributed by atoms with van der Waals surface area (Å²) in [6.45, 7) is 0.907. The van der Waals surface area contributed by atoms with Gasteiger partial charge in [-0.05, 0) is 0 Å². The zero-order valence-electron chi connectivity index (χ0n) is 9.78. The average Bonchev–Trinajstić information content (AvgIpc) is 2.67. The number of fused-ring (bicyclic) bond motifs is 1. The van der Waals surface area contributed by atoms with Gasteiger partial charge >= 0.3 is 0 Å². The maximum atomic E-state index is 14.2. The Morgan fingerprint density at radius 2 is 2.05 bits per heavy atom. The molecule has 2 heterocycles. The quantitative estimate of drug-likeness (QED) is 0.872. The van der Waals surface area contributed by atoms with Gasteiger partial charge in [-0.25, -0.2) is 4.39 Å². The number of nitrogens with two attached hydrogens (primary N) is 1. The lowest BCUT2D eigenvalue weighted by Crippen LogP contribution is -1.98. The molecule has 0 unspecified atom stereocenters. The molecule has 3 rings (SSSR count). The van der Waals surface area contributed by atoms with Crippen LogP contribution in [0.3, 0.4) is 0 Å². The van der Waals surface area contributed by atoms with E-state index in [1.54, 1.807) is 0 Å². The number of aromatic nitrogens is 1. The maximum Gasteiger partial charge on any atom is 0.222 e. The Bertz CT molecular complexity index is 630. The number of hydrogen-bond donors (Lipinski definition) is 1. The Balaban J connectivity index is 2.24. The first-order valence-corrected chi connectivity index (χ1v) is 6.05. The van der Waals surface area contributed by atoms with Crippen LogP contribution in [-0.2, 0) is 0 Å². The molecule has 2 N–H and O–H groups in total. The van der Waals surface area contributed by atoms with Crippen molar-refractivity contribution < 1.29 is 18.4 Å². The van der Waals surface area contributed by atoms with Crippen LogP contribution in [0.5, 0.6) is 11.5 Å². The number of hydrogen-bond acceptors (Lipinski definition) is 5. The molecule has 7 heteroatoms. The van der Waals surface area contributed by atoms with Gasteiger partial charge in [0.1, 0.15) is 5.69 Å². The second-order valence-corrected chi connectivity index (χ2v) is 4.45. The van der Waals surface area contributed by atoms with Gasteiger partial charge in [-0.2, -0.15) is 0 Å². The number of nitrogen functional groups attached to an aromatic ring is 1. The van der Waals surface area contributed by atoms with Gasteiger partial charge in [-0.15, -0.1) is 0 Å². The molecule has 100 valence electrons. The predicted molar refractivity (Wildman–Crippen MR) is 66.9 cm³/mol. The molecule has 1 aromatic carbocycles. The van der Waals surface area contributed by atoms with E-state index in [1.165, 1.54) is 12.1 Å². The van der Waals surface area contributed by atoms with Gasteiger partial charge in [0.25, 0.3) is 0 Å². The highest BCUT2D eigenvalue weighted by molar-refractivity contribution is 6.31. The topological polar surface area (TPSA) is 70.5 Å². The van der Waals surface area contributed by atoms with E-state index in [9.17, 15) is 4.39 Å². The Kier molecular flexibility index (Phi) is 2.94. The highest BCUT2D eigenvalue weighted by atomic mass is 35.5. The molecule has 0 amide bonds. The van der Waals surface area contributed by atoms with Gasteiger partial charge in [-0.3, -0.25) is 0 Å². The van der Waals surface area contributed by atoms with E-state index in [0.29, 0.717) is 25.4 Å². The maximum absolute atomic E-state index is 14.2. The predicted octanol–water partition coefficient (Wildman–Crippen LogP) is 2.88. The number of rotatable bonds is 1. The first-order valence-electron chi connectivity index (χ1n) is 5.67. The van der Waals surface area contributed by atoms with Crippen molar-refractivity contribution in [3.05, 3.63) is 23.0 Å². The summed E-state index contributed by atoms with van der Waals surface area (Å²) in [5.74, 6) is 0.102. The molecule has 0 saturated heterocycles. The normalized spacial score (nSPS) is 14.2. The van der Waals surface area contributed by atoms with Crippen molar-refractivity contribution in [2.45, 2.75) is 6.42 Å². The summed E-state index contributed by atoms with van der Waals surface area (Å²) in [5, 5.41) is 3.62. The van der Waals surface area contributed by atoms with Crippen LogP contribution in [0, 0.1) is 5.82 Å². The summed E-state index contributed by atoms with van der Waals surface area (Å²) in [6, 6.07) is 2.80. The van der Waals surface area contributed by atoms with Crippen LogP contribution in [-0.4, -0.2) is 18.4 Å². The summed E-state index contributed by atoms with van der Waals surface area (Å²) in [6.07, 6.45) is 0.703. The number of anilines is 1. The molecule has 5 nitrogen and oxygen atoms in total. The second kappa shape index (κ2) is 4.62.